The quantitative estimate of drug-likeness (QED) is 0.140. The fourth-order valence-electron chi connectivity index (χ4n) is 8.23. The van der Waals surface area contributed by atoms with E-state index in [-0.39, 0.29) is 16.8 Å². The molecular formula is C29H38N2O10S. The van der Waals surface area contributed by atoms with Crippen LogP contribution in [0.25, 0.3) is 0 Å². The molecule has 1 aromatic carbocycles. The number of benzene rings is 1. The van der Waals surface area contributed by atoms with Gasteiger partial charge in [0.05, 0.1) is 29.4 Å². The number of rotatable bonds is 4. The molecule has 0 saturated heterocycles. The van der Waals surface area contributed by atoms with Crippen LogP contribution in [0.2, 0.25) is 0 Å². The van der Waals surface area contributed by atoms with Gasteiger partial charge in [0.2, 0.25) is 5.91 Å². The van der Waals surface area contributed by atoms with Crippen LogP contribution in [0.1, 0.15) is 63.4 Å². The van der Waals surface area contributed by atoms with Gasteiger partial charge in [-0.2, -0.15) is 0 Å². The Balaban J connectivity index is 1.94. The molecule has 13 heteroatoms. The third kappa shape index (κ3) is 3.86. The van der Waals surface area contributed by atoms with Gasteiger partial charge >= 0.3 is 5.91 Å². The van der Waals surface area contributed by atoms with E-state index in [0.717, 1.165) is 11.8 Å². The minimum Gasteiger partial charge on any atom is -0.505 e. The maximum atomic E-state index is 14.2. The second kappa shape index (κ2) is 10.4. The Morgan fingerprint density at radius 1 is 1.12 bits per heavy atom. The number of aromatic hydroxyl groups is 1. The number of thioether (sulfide) groups is 1. The van der Waals surface area contributed by atoms with Crippen molar-refractivity contribution in [2.24, 2.45) is 40.2 Å². The number of ketones is 2. The summed E-state index contributed by atoms with van der Waals surface area (Å²) in [6, 6.07) is 2.77. The lowest BCUT2D eigenvalue weighted by molar-refractivity contribution is -0.306. The number of aliphatic hydroxyl groups is 4. The molecular weight excluding hydrogens is 568 g/mol. The van der Waals surface area contributed by atoms with Crippen LogP contribution >= 0.6 is 11.8 Å². The lowest BCUT2D eigenvalue weighted by Gasteiger charge is -2.69. The average molecular weight is 607 g/mol. The molecule has 3 aliphatic carbocycles. The van der Waals surface area contributed by atoms with Gasteiger partial charge in [0.25, 0.3) is 5.12 Å². The molecule has 0 bridgehead atoms. The van der Waals surface area contributed by atoms with Crippen molar-refractivity contribution < 1.29 is 49.5 Å². The topological polar surface area (TPSA) is 225 Å². The molecule has 0 spiro atoms. The molecule has 12 nitrogen and oxygen atoms in total. The van der Waals surface area contributed by atoms with Crippen molar-refractivity contribution in [1.29, 1.82) is 0 Å². The third-order valence-corrected chi connectivity index (χ3v) is 11.1. The van der Waals surface area contributed by atoms with Crippen LogP contribution in [-0.4, -0.2) is 83.7 Å². The van der Waals surface area contributed by atoms with Gasteiger partial charge < -0.3 is 36.6 Å². The summed E-state index contributed by atoms with van der Waals surface area (Å²) >= 11 is 0.752. The predicted octanol–water partition coefficient (Wildman–Crippen LogP) is 0.323. The molecule has 2 saturated carbocycles. The van der Waals surface area contributed by atoms with Crippen molar-refractivity contribution in [1.82, 2.24) is 0 Å². The zero-order chi connectivity index (χ0) is 31.9. The molecule has 230 valence electrons. The van der Waals surface area contributed by atoms with E-state index >= 15 is 0 Å². The van der Waals surface area contributed by atoms with E-state index in [2.05, 4.69) is 5.32 Å². The van der Waals surface area contributed by atoms with E-state index in [1.807, 2.05) is 0 Å². The van der Waals surface area contributed by atoms with E-state index in [1.165, 1.54) is 26.0 Å². The van der Waals surface area contributed by atoms with Gasteiger partial charge in [-0.1, -0.05) is 59.4 Å². The zero-order valence-electron chi connectivity index (χ0n) is 24.2. The third-order valence-electron chi connectivity index (χ3n) is 10.3. The van der Waals surface area contributed by atoms with E-state index in [9.17, 15) is 49.5 Å². The highest BCUT2D eigenvalue weighted by molar-refractivity contribution is 8.15. The first kappa shape index (κ1) is 32.1. The maximum absolute atomic E-state index is 14.2. The Morgan fingerprint density at radius 2 is 1.71 bits per heavy atom. The zero-order valence-corrected chi connectivity index (χ0v) is 25.1. The van der Waals surface area contributed by atoms with E-state index in [0.29, 0.717) is 5.75 Å². The van der Waals surface area contributed by atoms with Crippen molar-refractivity contribution in [3.8, 4) is 5.75 Å². The number of amides is 2. The van der Waals surface area contributed by atoms with Crippen molar-refractivity contribution in [2.75, 3.05) is 11.1 Å². The number of fused-ring (bicyclic) bond motifs is 3. The SMILES string of the molecule is CCSC(=O)C(=O)Nc1ccc2c(c1O)C(=O)[C@@H]1C(O)[C@@]3(O)C(=O)[C@H](C(N)=O)C(O)[C@H](C(C)C)[C@@]3(C)[C@H](O)[C@@]1(C)[C@@H]2C. The summed E-state index contributed by atoms with van der Waals surface area (Å²) in [6.07, 6.45) is -5.57. The molecule has 0 aliphatic heterocycles. The van der Waals surface area contributed by atoms with Gasteiger partial charge in [-0.15, -0.1) is 0 Å². The Morgan fingerprint density at radius 3 is 2.24 bits per heavy atom. The number of anilines is 1. The number of primary amides is 1. The van der Waals surface area contributed by atoms with E-state index < -0.39 is 98.6 Å². The Kier molecular flexibility index (Phi) is 7.95. The van der Waals surface area contributed by atoms with Gasteiger partial charge in [-0.25, -0.2) is 0 Å². The Labute approximate surface area is 247 Å². The first-order chi connectivity index (χ1) is 19.4. The first-order valence-electron chi connectivity index (χ1n) is 13.8. The number of phenols is 1. The largest absolute Gasteiger partial charge is 0.505 e. The van der Waals surface area contributed by atoms with Crippen LogP contribution in [0.15, 0.2) is 12.1 Å². The minimum absolute atomic E-state index is 0.243. The number of Topliss-reactive ketones (excluding diaryl/α,β-unsaturated/α-hetero) is 2. The smallest absolute Gasteiger partial charge is 0.303 e. The van der Waals surface area contributed by atoms with E-state index in [1.54, 1.807) is 27.7 Å². The predicted molar refractivity (Wildman–Crippen MR) is 151 cm³/mol. The van der Waals surface area contributed by atoms with Crippen molar-refractivity contribution in [3.05, 3.63) is 23.3 Å². The van der Waals surface area contributed by atoms with Crippen LogP contribution in [0.3, 0.4) is 0 Å². The molecule has 1 aromatic rings. The molecule has 0 radical (unpaired) electrons. The summed E-state index contributed by atoms with van der Waals surface area (Å²) in [4.78, 5) is 64.7. The highest BCUT2D eigenvalue weighted by Gasteiger charge is 2.80. The Bertz CT molecular complexity index is 1380. The average Bonchev–Trinajstić information content (AvgIpc) is 2.90. The van der Waals surface area contributed by atoms with Gasteiger partial charge in [0.15, 0.2) is 17.2 Å². The van der Waals surface area contributed by atoms with Crippen LogP contribution in [0, 0.1) is 34.5 Å². The van der Waals surface area contributed by atoms with Crippen LogP contribution in [-0.2, 0) is 19.2 Å². The van der Waals surface area contributed by atoms with Crippen molar-refractivity contribution in [3.63, 3.8) is 0 Å². The van der Waals surface area contributed by atoms with Gasteiger partial charge in [0, 0.05) is 10.8 Å². The molecule has 4 rings (SSSR count). The standard InChI is InChI=1S/C29H38N2O10S/c1-7-42-25(39)24(38)31-13-9-8-12-11(4)27(5)17(19(33)14(12)18(13)32)22(36)29(41)21(35)15(23(30)37)20(34)16(10(2)3)28(29,6)26(27)40/h8-11,15-17,20,22,26,32,34,36,40-41H,7H2,1-6H3,(H2,30,37)(H,31,38)/t11-,15-,16+,17-,20?,22?,26-,27+,28+,29+/m1/s1. The maximum Gasteiger partial charge on any atom is 0.303 e. The number of hydrogen-bond donors (Lipinski definition) is 7. The number of aliphatic hydroxyl groups excluding tert-OH is 3. The molecule has 8 N–H and O–H groups in total. The minimum atomic E-state index is -2.90. The summed E-state index contributed by atoms with van der Waals surface area (Å²) < 4.78 is 0. The molecule has 2 unspecified atom stereocenters. The van der Waals surface area contributed by atoms with Gasteiger partial charge in [-0.05, 0) is 35.1 Å². The molecule has 10 atom stereocenters. The highest BCUT2D eigenvalue weighted by atomic mass is 32.2. The summed E-state index contributed by atoms with van der Waals surface area (Å²) in [6.45, 7) is 9.56. The molecule has 2 fully saturated rings. The van der Waals surface area contributed by atoms with Crippen LogP contribution in [0.4, 0.5) is 5.69 Å². The first-order valence-corrected chi connectivity index (χ1v) is 14.8. The second-order valence-electron chi connectivity index (χ2n) is 12.4. The number of carbonyl (C=O) groups is 5. The normalized spacial score (nSPS) is 39.3. The van der Waals surface area contributed by atoms with Crippen LogP contribution < -0.4 is 11.1 Å². The van der Waals surface area contributed by atoms with Crippen molar-refractivity contribution in [2.45, 2.75) is 71.4 Å². The summed E-state index contributed by atoms with van der Waals surface area (Å²) in [5, 5.41) is 60.1. The summed E-state index contributed by atoms with van der Waals surface area (Å²) in [7, 11) is 0. The number of carbonyl (C=O) groups excluding carboxylic acids is 5. The molecule has 0 heterocycles. The number of nitrogens with one attached hydrogen (secondary N) is 1. The summed E-state index contributed by atoms with van der Waals surface area (Å²) in [5.41, 5.74) is -1.23. The molecule has 3 aliphatic rings. The number of nitrogens with two attached hydrogens (primary N) is 1. The fourth-order valence-corrected chi connectivity index (χ4v) is 8.68. The molecule has 42 heavy (non-hydrogen) atoms. The summed E-state index contributed by atoms with van der Waals surface area (Å²) in [5.74, 6) is -10.9. The van der Waals surface area contributed by atoms with Gasteiger partial charge in [-0.3, -0.25) is 24.0 Å². The lowest BCUT2D eigenvalue weighted by Crippen LogP contribution is -2.83. The molecule has 0 aromatic heterocycles. The number of hydrogen-bond acceptors (Lipinski definition) is 11. The number of phenolic OH excluding ortho intramolecular Hbond substituents is 1. The Hall–Kier alpha value is -2.84. The fraction of sp³-hybridized carbons (Fsp3) is 0.621. The lowest BCUT2D eigenvalue weighted by atomic mass is 9.36. The van der Waals surface area contributed by atoms with Gasteiger partial charge in [0.1, 0.15) is 17.8 Å². The van der Waals surface area contributed by atoms with Crippen LogP contribution in [0.5, 0.6) is 5.75 Å². The highest BCUT2D eigenvalue weighted by Crippen LogP contribution is 2.68. The monoisotopic (exact) mass is 606 g/mol. The van der Waals surface area contributed by atoms with E-state index in [4.69, 9.17) is 5.73 Å². The van der Waals surface area contributed by atoms with Crippen molar-refractivity contribution >= 4 is 45.9 Å². The second-order valence-corrected chi connectivity index (χ2v) is 13.7. The molecule has 2 amide bonds.